The van der Waals surface area contributed by atoms with E-state index in [4.69, 9.17) is 11.6 Å². The molecule has 0 saturated heterocycles. The molecule has 2 aromatic rings. The lowest BCUT2D eigenvalue weighted by Crippen LogP contribution is -2.42. The van der Waals surface area contributed by atoms with Crippen LogP contribution < -0.4 is 10.9 Å². The molecule has 0 aromatic heterocycles. The summed E-state index contributed by atoms with van der Waals surface area (Å²) in [6.45, 7) is 1.82. The Morgan fingerprint density at radius 3 is 2.24 bits per heavy atom. The predicted molar refractivity (Wildman–Crippen MR) is 85.3 cm³/mol. The van der Waals surface area contributed by atoms with Crippen LogP contribution in [0.4, 0.5) is 0 Å². The topological polar surface area (TPSA) is 58.2 Å². The molecule has 0 bridgehead atoms. The predicted octanol–water partition coefficient (Wildman–Crippen LogP) is 3.49. The zero-order valence-corrected chi connectivity index (χ0v) is 13.5. The molecule has 21 heavy (non-hydrogen) atoms. The van der Waals surface area contributed by atoms with Crippen molar-refractivity contribution in [3.63, 3.8) is 0 Å². The van der Waals surface area contributed by atoms with Crippen LogP contribution in [-0.2, 0) is 0 Å². The van der Waals surface area contributed by atoms with Crippen molar-refractivity contribution < 1.29 is 9.59 Å². The van der Waals surface area contributed by atoms with Crippen molar-refractivity contribution in [2.75, 3.05) is 0 Å². The van der Waals surface area contributed by atoms with Gasteiger partial charge < -0.3 is 0 Å². The fraction of sp³-hybridized carbons (Fsp3) is 0.0667. The van der Waals surface area contributed by atoms with Gasteiger partial charge in [0.25, 0.3) is 11.8 Å². The zero-order chi connectivity index (χ0) is 15.4. The van der Waals surface area contributed by atoms with E-state index in [0.29, 0.717) is 16.1 Å². The Morgan fingerprint density at radius 2 is 1.62 bits per heavy atom. The Hall–Kier alpha value is -1.85. The van der Waals surface area contributed by atoms with E-state index in [1.54, 1.807) is 36.4 Å². The second-order valence-corrected chi connectivity index (χ2v) is 5.67. The van der Waals surface area contributed by atoms with E-state index in [9.17, 15) is 9.59 Å². The number of hydrogen-bond acceptors (Lipinski definition) is 2. The summed E-state index contributed by atoms with van der Waals surface area (Å²) in [6, 6.07) is 11.9. The molecule has 0 atom stereocenters. The van der Waals surface area contributed by atoms with E-state index in [1.165, 1.54) is 0 Å². The summed E-state index contributed by atoms with van der Waals surface area (Å²) in [4.78, 5) is 23.9. The molecule has 0 spiro atoms. The minimum Gasteiger partial charge on any atom is -0.267 e. The summed E-state index contributed by atoms with van der Waals surface area (Å²) in [6.07, 6.45) is 0. The van der Waals surface area contributed by atoms with Crippen molar-refractivity contribution in [2.24, 2.45) is 0 Å². The summed E-state index contributed by atoms with van der Waals surface area (Å²) in [5.41, 5.74) is 6.30. The van der Waals surface area contributed by atoms with Crippen LogP contribution in [0, 0.1) is 6.92 Å². The monoisotopic (exact) mass is 366 g/mol. The van der Waals surface area contributed by atoms with Crippen LogP contribution in [0.2, 0.25) is 5.02 Å². The maximum absolute atomic E-state index is 12.0. The van der Waals surface area contributed by atoms with Crippen LogP contribution in [0.1, 0.15) is 26.3 Å². The van der Waals surface area contributed by atoms with Crippen molar-refractivity contribution in [1.82, 2.24) is 10.9 Å². The fourth-order valence-electron chi connectivity index (χ4n) is 1.78. The second-order valence-electron chi connectivity index (χ2n) is 4.35. The highest BCUT2D eigenvalue weighted by molar-refractivity contribution is 9.10. The zero-order valence-electron chi connectivity index (χ0n) is 11.1. The van der Waals surface area contributed by atoms with E-state index in [2.05, 4.69) is 26.8 Å². The first-order chi connectivity index (χ1) is 9.99. The smallest absolute Gasteiger partial charge is 0.267 e. The molecule has 6 heteroatoms. The molecule has 108 valence electrons. The minimum atomic E-state index is -0.469. The average Bonchev–Trinajstić information content (AvgIpc) is 2.45. The van der Waals surface area contributed by atoms with Crippen LogP contribution in [0.3, 0.4) is 0 Å². The van der Waals surface area contributed by atoms with Crippen LogP contribution >= 0.6 is 27.5 Å². The number of amides is 2. The van der Waals surface area contributed by atoms with Gasteiger partial charge in [-0.15, -0.1) is 0 Å². The molecule has 4 nitrogen and oxygen atoms in total. The Bertz CT molecular complexity index is 704. The molecule has 0 heterocycles. The summed E-state index contributed by atoms with van der Waals surface area (Å²) >= 11 is 9.25. The number of rotatable bonds is 2. The normalized spacial score (nSPS) is 10.0. The molecule has 0 saturated carbocycles. The third-order valence-electron chi connectivity index (χ3n) is 2.84. The third-order valence-corrected chi connectivity index (χ3v) is 3.66. The number of carbonyl (C=O) groups is 2. The molecule has 2 aromatic carbocycles. The molecule has 0 fully saturated rings. The van der Waals surface area contributed by atoms with Crippen LogP contribution in [0.15, 0.2) is 46.9 Å². The molecular weight excluding hydrogens is 356 g/mol. The van der Waals surface area contributed by atoms with Gasteiger partial charge >= 0.3 is 0 Å². The highest BCUT2D eigenvalue weighted by Crippen LogP contribution is 2.16. The van der Waals surface area contributed by atoms with E-state index >= 15 is 0 Å². The number of hydrogen-bond donors (Lipinski definition) is 2. The SMILES string of the molecule is Cc1cc(Br)ccc1C(=O)NNC(=O)c1ccccc1Cl. The van der Waals surface area contributed by atoms with Gasteiger partial charge in [0.1, 0.15) is 0 Å². The van der Waals surface area contributed by atoms with Crippen molar-refractivity contribution in [2.45, 2.75) is 6.92 Å². The summed E-state index contributed by atoms with van der Waals surface area (Å²) in [7, 11) is 0. The molecule has 0 aliphatic carbocycles. The largest absolute Gasteiger partial charge is 0.271 e. The highest BCUT2D eigenvalue weighted by atomic mass is 79.9. The fourth-order valence-corrected chi connectivity index (χ4v) is 2.47. The Morgan fingerprint density at radius 1 is 1.00 bits per heavy atom. The summed E-state index contributed by atoms with van der Waals surface area (Å²) in [5, 5.41) is 0.323. The van der Waals surface area contributed by atoms with Gasteiger partial charge in [-0.2, -0.15) is 0 Å². The standard InChI is InChI=1S/C15H12BrClN2O2/c1-9-8-10(16)6-7-11(9)14(20)18-19-15(21)12-4-2-3-5-13(12)17/h2-8H,1H3,(H,18,20)(H,19,21). The third kappa shape index (κ3) is 3.83. The first kappa shape index (κ1) is 15.5. The maximum atomic E-state index is 12.0. The van der Waals surface area contributed by atoms with E-state index in [0.717, 1.165) is 10.0 Å². The van der Waals surface area contributed by atoms with Gasteiger partial charge in [0.05, 0.1) is 10.6 Å². The molecule has 2 amide bonds. The van der Waals surface area contributed by atoms with Gasteiger partial charge in [-0.1, -0.05) is 39.7 Å². The molecule has 2 N–H and O–H groups in total. The molecule has 2 rings (SSSR count). The van der Waals surface area contributed by atoms with Crippen LogP contribution in [0.5, 0.6) is 0 Å². The van der Waals surface area contributed by atoms with E-state index in [1.807, 2.05) is 13.0 Å². The van der Waals surface area contributed by atoms with E-state index in [-0.39, 0.29) is 5.91 Å². The van der Waals surface area contributed by atoms with Gasteiger partial charge in [-0.25, -0.2) is 0 Å². The number of hydrazine groups is 1. The van der Waals surface area contributed by atoms with Gasteiger partial charge in [-0.3, -0.25) is 20.4 Å². The van der Waals surface area contributed by atoms with E-state index < -0.39 is 5.91 Å². The number of halogens is 2. The Kier molecular flexibility index (Phi) is 4.98. The second kappa shape index (κ2) is 6.74. The first-order valence-electron chi connectivity index (χ1n) is 6.10. The lowest BCUT2D eigenvalue weighted by Gasteiger charge is -2.10. The Labute approximate surface area is 135 Å². The number of carbonyl (C=O) groups excluding carboxylic acids is 2. The van der Waals surface area contributed by atoms with Crippen LogP contribution in [0.25, 0.3) is 0 Å². The van der Waals surface area contributed by atoms with Crippen molar-refractivity contribution >= 4 is 39.3 Å². The van der Waals surface area contributed by atoms with Gasteiger partial charge in [0, 0.05) is 10.0 Å². The summed E-state index contributed by atoms with van der Waals surface area (Å²) < 4.78 is 0.886. The number of benzene rings is 2. The van der Waals surface area contributed by atoms with Crippen molar-refractivity contribution in [1.29, 1.82) is 0 Å². The first-order valence-corrected chi connectivity index (χ1v) is 7.27. The molecule has 0 radical (unpaired) electrons. The molecular formula is C15H12BrClN2O2. The molecule has 0 unspecified atom stereocenters. The highest BCUT2D eigenvalue weighted by Gasteiger charge is 2.13. The quantitative estimate of drug-likeness (QED) is 0.798. The number of aryl methyl sites for hydroxylation is 1. The average molecular weight is 368 g/mol. The van der Waals surface area contributed by atoms with Gasteiger partial charge in [0.15, 0.2) is 0 Å². The number of nitrogens with one attached hydrogen (secondary N) is 2. The van der Waals surface area contributed by atoms with Gasteiger partial charge in [-0.05, 0) is 42.8 Å². The van der Waals surface area contributed by atoms with Crippen molar-refractivity contribution in [3.8, 4) is 0 Å². The minimum absolute atomic E-state index is 0.298. The summed E-state index contributed by atoms with van der Waals surface area (Å²) in [5.74, 6) is -0.857. The Balaban J connectivity index is 2.04. The lowest BCUT2D eigenvalue weighted by molar-refractivity contribution is 0.0846. The maximum Gasteiger partial charge on any atom is 0.271 e. The molecule has 0 aliphatic rings. The van der Waals surface area contributed by atoms with Crippen LogP contribution in [-0.4, -0.2) is 11.8 Å². The lowest BCUT2D eigenvalue weighted by atomic mass is 10.1. The van der Waals surface area contributed by atoms with Gasteiger partial charge in [0.2, 0.25) is 0 Å². The molecule has 0 aliphatic heterocycles. The van der Waals surface area contributed by atoms with Crippen molar-refractivity contribution in [3.05, 3.63) is 68.7 Å².